The van der Waals surface area contributed by atoms with Crippen molar-refractivity contribution in [3.63, 3.8) is 0 Å². The van der Waals surface area contributed by atoms with Crippen molar-refractivity contribution in [2.75, 3.05) is 0 Å². The Hall–Kier alpha value is -3.05. The first-order chi connectivity index (χ1) is 17.3. The van der Waals surface area contributed by atoms with Crippen LogP contribution in [0.4, 0.5) is 8.78 Å². The second kappa shape index (κ2) is 9.78. The summed E-state index contributed by atoms with van der Waals surface area (Å²) in [6, 6.07) is 25.4. The largest absolute Gasteiger partial charge is 0.384 e. The molecule has 4 aromatic carbocycles. The highest BCUT2D eigenvalue weighted by molar-refractivity contribution is 6.31. The summed E-state index contributed by atoms with van der Waals surface area (Å²) in [6.07, 6.45) is 0.201. The predicted molar refractivity (Wildman–Crippen MR) is 138 cm³/mol. The number of aliphatic hydroxyl groups is 1. The molecule has 4 atom stereocenters. The molecule has 0 amide bonds. The monoisotopic (exact) mass is 522 g/mol. The number of rotatable bonds is 5. The average Bonchev–Trinajstić information content (AvgIpc) is 3.19. The zero-order chi connectivity index (χ0) is 25.4. The molecule has 1 aliphatic carbocycles. The van der Waals surface area contributed by atoms with Gasteiger partial charge in [-0.05, 0) is 89.7 Å². The summed E-state index contributed by atoms with van der Waals surface area (Å²) in [5.74, 6) is -2.82. The fourth-order valence-corrected chi connectivity index (χ4v) is 5.73. The van der Waals surface area contributed by atoms with Crippen LogP contribution in [0.1, 0.15) is 45.3 Å². The fourth-order valence-electron chi connectivity index (χ4n) is 5.47. The molecular formula is C30H22Cl2F2O2. The molecular weight excluding hydrogens is 501 g/mol. The molecule has 182 valence electrons. The van der Waals surface area contributed by atoms with Gasteiger partial charge in [0.05, 0.1) is 5.92 Å². The predicted octanol–water partition coefficient (Wildman–Crippen LogP) is 7.93. The molecule has 0 bridgehead atoms. The van der Waals surface area contributed by atoms with Gasteiger partial charge >= 0.3 is 0 Å². The Balaban J connectivity index is 1.72. The van der Waals surface area contributed by atoms with E-state index in [4.69, 9.17) is 23.2 Å². The molecule has 5 rings (SSSR count). The molecule has 0 unspecified atom stereocenters. The molecule has 0 aliphatic heterocycles. The van der Waals surface area contributed by atoms with Crippen molar-refractivity contribution in [1.29, 1.82) is 0 Å². The van der Waals surface area contributed by atoms with Gasteiger partial charge in [-0.2, -0.15) is 0 Å². The number of Topliss-reactive ketones (excluding diaryl/α,β-unsaturated/α-hetero) is 1. The normalized spacial score (nSPS) is 23.5. The molecule has 0 saturated heterocycles. The van der Waals surface area contributed by atoms with Crippen molar-refractivity contribution < 1.29 is 18.7 Å². The number of hydrogen-bond donors (Lipinski definition) is 1. The zero-order valence-electron chi connectivity index (χ0n) is 19.0. The third-order valence-corrected chi connectivity index (χ3v) is 7.65. The van der Waals surface area contributed by atoms with Gasteiger partial charge in [-0.25, -0.2) is 8.78 Å². The Morgan fingerprint density at radius 2 is 1.19 bits per heavy atom. The molecule has 2 nitrogen and oxygen atoms in total. The number of carbonyl (C=O) groups excluding carboxylic acids is 1. The maximum Gasteiger partial charge on any atom is 0.169 e. The SMILES string of the molecule is O=C(c1ccc(Cl)cc1)[C@H]1[C@H](c2ccc(F)cc2)[C@@H](c2ccc(F)cc2)C[C@]1(O)c1ccc(Cl)cc1. The average molecular weight is 523 g/mol. The van der Waals surface area contributed by atoms with E-state index < -0.39 is 23.3 Å². The summed E-state index contributed by atoms with van der Waals surface area (Å²) in [7, 11) is 0. The minimum Gasteiger partial charge on any atom is -0.384 e. The molecule has 1 fully saturated rings. The lowest BCUT2D eigenvalue weighted by Gasteiger charge is -2.33. The molecule has 1 N–H and O–H groups in total. The van der Waals surface area contributed by atoms with E-state index >= 15 is 0 Å². The molecule has 1 saturated carbocycles. The van der Waals surface area contributed by atoms with Gasteiger partial charge in [0.15, 0.2) is 5.78 Å². The number of halogens is 4. The number of ketones is 1. The summed E-state index contributed by atoms with van der Waals surface area (Å²) >= 11 is 12.2. The molecule has 36 heavy (non-hydrogen) atoms. The van der Waals surface area contributed by atoms with Crippen LogP contribution in [0.15, 0.2) is 97.1 Å². The summed E-state index contributed by atoms with van der Waals surface area (Å²) in [6.45, 7) is 0. The Labute approximate surface area is 218 Å². The minimum absolute atomic E-state index is 0.201. The first kappa shape index (κ1) is 24.6. The molecule has 4 aromatic rings. The van der Waals surface area contributed by atoms with Gasteiger partial charge in [0, 0.05) is 21.5 Å². The standard InChI is InChI=1S/C30H22Cl2F2O2/c31-22-9-1-20(2-10-22)29(35)28-27(19-5-15-25(34)16-6-19)26(18-3-13-24(33)14-4-18)17-30(28,36)21-7-11-23(32)12-8-21/h1-16,26-28,36H,17H2/t26-,27-,28-,30+/m1/s1. The quantitative estimate of drug-likeness (QED) is 0.270. The lowest BCUT2D eigenvalue weighted by molar-refractivity contribution is -0.000252. The van der Waals surface area contributed by atoms with E-state index in [2.05, 4.69) is 0 Å². The molecule has 6 heteroatoms. The Kier molecular flexibility index (Phi) is 6.69. The van der Waals surface area contributed by atoms with E-state index in [1.165, 1.54) is 24.3 Å². The first-order valence-corrected chi connectivity index (χ1v) is 12.3. The van der Waals surface area contributed by atoms with E-state index in [1.807, 2.05) is 0 Å². The third-order valence-electron chi connectivity index (χ3n) is 7.15. The summed E-state index contributed by atoms with van der Waals surface area (Å²) in [5.41, 5.74) is 0.881. The van der Waals surface area contributed by atoms with Crippen LogP contribution in [0.3, 0.4) is 0 Å². The molecule has 0 heterocycles. The van der Waals surface area contributed by atoms with Crippen molar-refractivity contribution in [3.8, 4) is 0 Å². The van der Waals surface area contributed by atoms with Crippen LogP contribution >= 0.6 is 23.2 Å². The van der Waals surface area contributed by atoms with Gasteiger partial charge in [0.1, 0.15) is 17.2 Å². The summed E-state index contributed by atoms with van der Waals surface area (Å²) in [4.78, 5) is 14.1. The number of hydrogen-bond acceptors (Lipinski definition) is 2. The van der Waals surface area contributed by atoms with Crippen LogP contribution in [-0.4, -0.2) is 10.9 Å². The molecule has 0 aromatic heterocycles. The van der Waals surface area contributed by atoms with E-state index in [-0.39, 0.29) is 23.9 Å². The van der Waals surface area contributed by atoms with Crippen molar-refractivity contribution >= 4 is 29.0 Å². The van der Waals surface area contributed by atoms with Gasteiger partial charge < -0.3 is 5.11 Å². The second-order valence-corrected chi connectivity index (χ2v) is 10.1. The van der Waals surface area contributed by atoms with Crippen LogP contribution < -0.4 is 0 Å². The third kappa shape index (κ3) is 4.57. The van der Waals surface area contributed by atoms with Gasteiger partial charge in [0.2, 0.25) is 0 Å². The molecule has 0 spiro atoms. The molecule has 1 aliphatic rings. The van der Waals surface area contributed by atoms with E-state index in [9.17, 15) is 18.7 Å². The maximum absolute atomic E-state index is 14.1. The highest BCUT2D eigenvalue weighted by Crippen LogP contribution is 2.59. The zero-order valence-corrected chi connectivity index (χ0v) is 20.6. The van der Waals surface area contributed by atoms with Crippen molar-refractivity contribution in [2.45, 2.75) is 23.9 Å². The smallest absolute Gasteiger partial charge is 0.169 e. The Morgan fingerprint density at radius 1 is 0.722 bits per heavy atom. The number of carbonyl (C=O) groups is 1. The van der Waals surface area contributed by atoms with Gasteiger partial charge in [-0.3, -0.25) is 4.79 Å². The van der Waals surface area contributed by atoms with E-state index in [0.717, 1.165) is 5.56 Å². The van der Waals surface area contributed by atoms with Crippen LogP contribution in [0.2, 0.25) is 10.0 Å². The lowest BCUT2D eigenvalue weighted by Crippen LogP contribution is -2.38. The highest BCUT2D eigenvalue weighted by atomic mass is 35.5. The topological polar surface area (TPSA) is 37.3 Å². The second-order valence-electron chi connectivity index (χ2n) is 9.22. The summed E-state index contributed by atoms with van der Waals surface area (Å²) in [5, 5.41) is 13.3. The first-order valence-electron chi connectivity index (χ1n) is 11.6. The van der Waals surface area contributed by atoms with Crippen LogP contribution in [0.25, 0.3) is 0 Å². The Morgan fingerprint density at radius 3 is 1.72 bits per heavy atom. The van der Waals surface area contributed by atoms with Crippen LogP contribution in [-0.2, 0) is 5.60 Å². The summed E-state index contributed by atoms with van der Waals surface area (Å²) < 4.78 is 27.7. The highest BCUT2D eigenvalue weighted by Gasteiger charge is 2.57. The van der Waals surface area contributed by atoms with E-state index in [1.54, 1.807) is 72.8 Å². The van der Waals surface area contributed by atoms with Gasteiger partial charge in [-0.1, -0.05) is 59.6 Å². The van der Waals surface area contributed by atoms with Crippen LogP contribution in [0.5, 0.6) is 0 Å². The molecule has 0 radical (unpaired) electrons. The van der Waals surface area contributed by atoms with Crippen molar-refractivity contribution in [1.82, 2.24) is 0 Å². The van der Waals surface area contributed by atoms with E-state index in [0.29, 0.717) is 26.7 Å². The van der Waals surface area contributed by atoms with Gasteiger partial charge in [0.25, 0.3) is 0 Å². The van der Waals surface area contributed by atoms with Crippen molar-refractivity contribution in [2.24, 2.45) is 5.92 Å². The van der Waals surface area contributed by atoms with Crippen molar-refractivity contribution in [3.05, 3.63) is 141 Å². The Bertz CT molecular complexity index is 1370. The van der Waals surface area contributed by atoms with Crippen LogP contribution in [0, 0.1) is 17.6 Å². The lowest BCUT2D eigenvalue weighted by atomic mass is 9.73. The minimum atomic E-state index is -1.57. The number of benzene rings is 4. The fraction of sp³-hybridized carbons (Fsp3) is 0.167. The maximum atomic E-state index is 14.1. The van der Waals surface area contributed by atoms with Gasteiger partial charge in [-0.15, -0.1) is 0 Å².